The molecule has 0 atom stereocenters. The molecule has 0 saturated heterocycles. The quantitative estimate of drug-likeness (QED) is 0.764. The fraction of sp³-hybridized carbons (Fsp3) is 0.583. The molecule has 1 heterocycles. The average Bonchev–Trinajstić information content (AvgIpc) is 2.28. The number of halogens is 3. The van der Waals surface area contributed by atoms with Crippen LogP contribution in [-0.4, -0.2) is 11.5 Å². The summed E-state index contributed by atoms with van der Waals surface area (Å²) in [6, 6.07) is 2.41. The molecule has 0 bridgehead atoms. The Bertz CT molecular complexity index is 320. The van der Waals surface area contributed by atoms with Crippen molar-refractivity contribution in [3.8, 4) is 0 Å². The van der Waals surface area contributed by atoms with Gasteiger partial charge in [-0.15, -0.1) is 0 Å². The molecule has 0 aliphatic carbocycles. The predicted octanol–water partition coefficient (Wildman–Crippen LogP) is 4.09. The van der Waals surface area contributed by atoms with E-state index >= 15 is 0 Å². The molecule has 0 aromatic carbocycles. The van der Waals surface area contributed by atoms with Crippen LogP contribution in [0, 0.1) is 0 Å². The van der Waals surface area contributed by atoms with Crippen LogP contribution in [-0.2, 0) is 6.18 Å². The molecule has 0 spiro atoms. The summed E-state index contributed by atoms with van der Waals surface area (Å²) in [6.45, 7) is 2.90. The van der Waals surface area contributed by atoms with Crippen LogP contribution in [0.15, 0.2) is 18.3 Å². The van der Waals surface area contributed by atoms with Crippen molar-refractivity contribution in [1.29, 1.82) is 0 Å². The van der Waals surface area contributed by atoms with Crippen LogP contribution in [0.1, 0.15) is 38.3 Å². The van der Waals surface area contributed by atoms with E-state index in [1.807, 2.05) is 0 Å². The van der Waals surface area contributed by atoms with Gasteiger partial charge in [-0.1, -0.05) is 26.2 Å². The Morgan fingerprint density at radius 2 is 1.94 bits per heavy atom. The summed E-state index contributed by atoms with van der Waals surface area (Å²) in [4.78, 5) is 3.38. The van der Waals surface area contributed by atoms with E-state index in [1.54, 1.807) is 0 Å². The number of nitrogens with one attached hydrogen (secondary N) is 1. The van der Waals surface area contributed by atoms with Crippen LogP contribution in [0.3, 0.4) is 0 Å². The van der Waals surface area contributed by atoms with Crippen molar-refractivity contribution < 1.29 is 13.2 Å². The van der Waals surface area contributed by atoms with Crippen LogP contribution in [0.5, 0.6) is 0 Å². The number of rotatable bonds is 6. The van der Waals surface area contributed by atoms with E-state index in [0.717, 1.165) is 25.5 Å². The van der Waals surface area contributed by atoms with Gasteiger partial charge in [-0.05, 0) is 18.6 Å². The highest BCUT2D eigenvalue weighted by Gasteiger charge is 2.31. The maximum Gasteiger partial charge on any atom is 0.433 e. The van der Waals surface area contributed by atoms with Crippen molar-refractivity contribution in [3.63, 3.8) is 0 Å². The van der Waals surface area contributed by atoms with Crippen molar-refractivity contribution in [2.75, 3.05) is 11.9 Å². The van der Waals surface area contributed by atoms with Crippen LogP contribution in [0.4, 0.5) is 18.9 Å². The largest absolute Gasteiger partial charge is 0.433 e. The summed E-state index contributed by atoms with van der Waals surface area (Å²) in [5.74, 6) is 0. The Morgan fingerprint density at radius 3 is 2.47 bits per heavy atom. The SMILES string of the molecule is CCCCCCNc1ccc(C(F)(F)F)nc1. The Hall–Kier alpha value is -1.26. The van der Waals surface area contributed by atoms with Gasteiger partial charge in [0.05, 0.1) is 11.9 Å². The summed E-state index contributed by atoms with van der Waals surface area (Å²) in [7, 11) is 0. The van der Waals surface area contributed by atoms with Gasteiger partial charge in [-0.25, -0.2) is 4.98 Å². The van der Waals surface area contributed by atoms with E-state index in [0.29, 0.717) is 5.69 Å². The molecule has 96 valence electrons. The summed E-state index contributed by atoms with van der Waals surface area (Å²) in [6.07, 6.45) is 1.38. The van der Waals surface area contributed by atoms with Gasteiger partial charge < -0.3 is 5.32 Å². The lowest BCUT2D eigenvalue weighted by molar-refractivity contribution is -0.141. The summed E-state index contributed by atoms with van der Waals surface area (Å²) < 4.78 is 36.7. The highest BCUT2D eigenvalue weighted by molar-refractivity contribution is 5.41. The van der Waals surface area contributed by atoms with Gasteiger partial charge in [0.1, 0.15) is 5.69 Å². The first-order chi connectivity index (χ1) is 8.04. The molecule has 1 rings (SSSR count). The molecule has 17 heavy (non-hydrogen) atoms. The van der Waals surface area contributed by atoms with Gasteiger partial charge in [0.25, 0.3) is 0 Å². The number of anilines is 1. The smallest absolute Gasteiger partial charge is 0.384 e. The highest BCUT2D eigenvalue weighted by atomic mass is 19.4. The molecule has 0 fully saturated rings. The topological polar surface area (TPSA) is 24.9 Å². The molecule has 1 aromatic heterocycles. The van der Waals surface area contributed by atoms with E-state index in [9.17, 15) is 13.2 Å². The number of hydrogen-bond donors (Lipinski definition) is 1. The predicted molar refractivity (Wildman–Crippen MR) is 61.9 cm³/mol. The number of alkyl halides is 3. The molecule has 1 N–H and O–H groups in total. The third-order valence-corrected chi connectivity index (χ3v) is 2.41. The number of pyridine rings is 1. The van der Waals surface area contributed by atoms with E-state index < -0.39 is 11.9 Å². The monoisotopic (exact) mass is 246 g/mol. The molecule has 0 aliphatic rings. The second-order valence-corrected chi connectivity index (χ2v) is 3.92. The van der Waals surface area contributed by atoms with E-state index in [1.165, 1.54) is 25.1 Å². The molecule has 1 aromatic rings. The molecule has 0 radical (unpaired) electrons. The molecule has 0 amide bonds. The first-order valence-corrected chi connectivity index (χ1v) is 5.81. The average molecular weight is 246 g/mol. The van der Waals surface area contributed by atoms with Crippen LogP contribution < -0.4 is 5.32 Å². The maximum absolute atomic E-state index is 12.2. The fourth-order valence-electron chi connectivity index (χ4n) is 1.45. The number of hydrogen-bond acceptors (Lipinski definition) is 2. The Balaban J connectivity index is 2.36. The second-order valence-electron chi connectivity index (χ2n) is 3.92. The highest BCUT2D eigenvalue weighted by Crippen LogP contribution is 2.27. The molecule has 5 heteroatoms. The lowest BCUT2D eigenvalue weighted by Gasteiger charge is -2.08. The Morgan fingerprint density at radius 1 is 1.18 bits per heavy atom. The Kier molecular flexibility index (Phi) is 5.25. The van der Waals surface area contributed by atoms with Gasteiger partial charge in [0.2, 0.25) is 0 Å². The lowest BCUT2D eigenvalue weighted by Crippen LogP contribution is -2.08. The zero-order chi connectivity index (χ0) is 12.7. The second kappa shape index (κ2) is 6.47. The van der Waals surface area contributed by atoms with Crippen molar-refractivity contribution in [2.24, 2.45) is 0 Å². The van der Waals surface area contributed by atoms with Crippen LogP contribution in [0.2, 0.25) is 0 Å². The maximum atomic E-state index is 12.2. The molecule has 0 saturated carbocycles. The van der Waals surface area contributed by atoms with E-state index in [2.05, 4.69) is 17.2 Å². The fourth-order valence-corrected chi connectivity index (χ4v) is 1.45. The van der Waals surface area contributed by atoms with Crippen LogP contribution >= 0.6 is 0 Å². The summed E-state index contributed by atoms with van der Waals surface area (Å²) >= 11 is 0. The first-order valence-electron chi connectivity index (χ1n) is 5.81. The molecular formula is C12H17F3N2. The molecule has 0 aliphatic heterocycles. The zero-order valence-corrected chi connectivity index (χ0v) is 9.85. The lowest BCUT2D eigenvalue weighted by atomic mass is 10.2. The third kappa shape index (κ3) is 5.06. The van der Waals surface area contributed by atoms with Gasteiger partial charge in [0.15, 0.2) is 0 Å². The number of aromatic nitrogens is 1. The van der Waals surface area contributed by atoms with E-state index in [-0.39, 0.29) is 0 Å². The van der Waals surface area contributed by atoms with Crippen molar-refractivity contribution in [3.05, 3.63) is 24.0 Å². The summed E-state index contributed by atoms with van der Waals surface area (Å²) in [5.41, 5.74) is -0.219. The third-order valence-electron chi connectivity index (χ3n) is 2.41. The number of unbranched alkanes of at least 4 members (excludes halogenated alkanes) is 3. The van der Waals surface area contributed by atoms with Gasteiger partial charge in [0, 0.05) is 6.54 Å². The Labute approximate surface area is 99.3 Å². The first kappa shape index (κ1) is 13.8. The minimum atomic E-state index is -4.36. The molecular weight excluding hydrogens is 229 g/mol. The van der Waals surface area contributed by atoms with Crippen molar-refractivity contribution >= 4 is 5.69 Å². The van der Waals surface area contributed by atoms with Crippen molar-refractivity contribution in [1.82, 2.24) is 4.98 Å². The normalized spacial score (nSPS) is 11.5. The van der Waals surface area contributed by atoms with Crippen molar-refractivity contribution in [2.45, 2.75) is 38.8 Å². The molecule has 0 unspecified atom stereocenters. The number of nitrogens with zero attached hydrogens (tertiary/aromatic N) is 1. The van der Waals surface area contributed by atoms with Gasteiger partial charge >= 0.3 is 6.18 Å². The minimum Gasteiger partial charge on any atom is -0.384 e. The minimum absolute atomic E-state index is 0.634. The zero-order valence-electron chi connectivity index (χ0n) is 9.85. The molecule has 2 nitrogen and oxygen atoms in total. The summed E-state index contributed by atoms with van der Waals surface area (Å²) in [5, 5.41) is 3.05. The standard InChI is InChI=1S/C12H17F3N2/c1-2-3-4-5-8-16-10-6-7-11(17-9-10)12(13,14)15/h6-7,9,16H,2-5,8H2,1H3. The van der Waals surface area contributed by atoms with Gasteiger partial charge in [-0.3, -0.25) is 0 Å². The van der Waals surface area contributed by atoms with Crippen LogP contribution in [0.25, 0.3) is 0 Å². The van der Waals surface area contributed by atoms with E-state index in [4.69, 9.17) is 0 Å². The van der Waals surface area contributed by atoms with Gasteiger partial charge in [-0.2, -0.15) is 13.2 Å².